The Kier molecular flexibility index (Phi) is 2.87. The Morgan fingerprint density at radius 1 is 1.83 bits per heavy atom. The predicted molar refractivity (Wildman–Crippen MR) is 44.5 cm³/mol. The van der Waals surface area contributed by atoms with Crippen molar-refractivity contribution in [2.75, 3.05) is 6.61 Å². The van der Waals surface area contributed by atoms with Crippen LogP contribution in [0, 0.1) is 5.92 Å². The molecule has 1 heterocycles. The minimum Gasteiger partial charge on any atom is -0.462 e. The second-order valence-electron chi connectivity index (χ2n) is 3.09. The van der Waals surface area contributed by atoms with Crippen molar-refractivity contribution in [1.82, 2.24) is 0 Å². The summed E-state index contributed by atoms with van der Waals surface area (Å²) >= 11 is 0. The Morgan fingerprint density at radius 2 is 2.50 bits per heavy atom. The molecular formula is C9H14O3. The molecule has 0 unspecified atom stereocenters. The average Bonchev–Trinajstić information content (AvgIpc) is 2.34. The largest absolute Gasteiger partial charge is 0.462 e. The third-order valence-corrected chi connectivity index (χ3v) is 2.15. The molecule has 3 heteroatoms. The first kappa shape index (κ1) is 9.26. The molecule has 0 spiro atoms. The van der Waals surface area contributed by atoms with Crippen LogP contribution in [0.25, 0.3) is 0 Å². The van der Waals surface area contributed by atoms with E-state index in [0.29, 0.717) is 18.6 Å². The summed E-state index contributed by atoms with van der Waals surface area (Å²) in [5.41, 5.74) is 0.413. The molecule has 1 aliphatic heterocycles. The Morgan fingerprint density at radius 3 is 2.92 bits per heavy atom. The molecule has 0 bridgehead atoms. The Bertz CT molecular complexity index is 198. The molecule has 12 heavy (non-hydrogen) atoms. The third-order valence-electron chi connectivity index (χ3n) is 2.15. The van der Waals surface area contributed by atoms with Gasteiger partial charge in [0.05, 0.1) is 12.0 Å². The van der Waals surface area contributed by atoms with Crippen molar-refractivity contribution in [2.45, 2.75) is 25.9 Å². The normalized spacial score (nSPS) is 25.7. The molecule has 1 saturated heterocycles. The minimum absolute atomic E-state index is 0.183. The van der Waals surface area contributed by atoms with Crippen LogP contribution in [-0.2, 0) is 9.53 Å². The maximum atomic E-state index is 10.9. The van der Waals surface area contributed by atoms with Crippen molar-refractivity contribution in [1.29, 1.82) is 0 Å². The molecule has 2 atom stereocenters. The SMILES string of the molecule is C=C1C(=O)OC[C@H]1[C@@H](O)CCC. The summed E-state index contributed by atoms with van der Waals surface area (Å²) in [6, 6.07) is 0. The van der Waals surface area contributed by atoms with Gasteiger partial charge >= 0.3 is 5.97 Å². The van der Waals surface area contributed by atoms with Crippen LogP contribution in [0.1, 0.15) is 19.8 Å². The van der Waals surface area contributed by atoms with E-state index in [-0.39, 0.29) is 11.9 Å². The van der Waals surface area contributed by atoms with Gasteiger partial charge in [-0.1, -0.05) is 19.9 Å². The lowest BCUT2D eigenvalue weighted by Gasteiger charge is -2.14. The van der Waals surface area contributed by atoms with E-state index in [9.17, 15) is 9.90 Å². The van der Waals surface area contributed by atoms with Crippen molar-refractivity contribution in [3.05, 3.63) is 12.2 Å². The Hall–Kier alpha value is -0.830. The summed E-state index contributed by atoms with van der Waals surface area (Å²) in [5.74, 6) is -0.549. The van der Waals surface area contributed by atoms with Gasteiger partial charge in [-0.25, -0.2) is 4.79 Å². The van der Waals surface area contributed by atoms with E-state index in [1.807, 2.05) is 6.92 Å². The fourth-order valence-electron chi connectivity index (χ4n) is 1.35. The maximum absolute atomic E-state index is 10.9. The quantitative estimate of drug-likeness (QED) is 0.505. The molecule has 0 aliphatic carbocycles. The molecule has 3 nitrogen and oxygen atoms in total. The predicted octanol–water partition coefficient (Wildman–Crippen LogP) is 0.877. The highest BCUT2D eigenvalue weighted by atomic mass is 16.5. The summed E-state index contributed by atoms with van der Waals surface area (Å²) in [6.07, 6.45) is 1.12. The second-order valence-corrected chi connectivity index (χ2v) is 3.09. The van der Waals surface area contributed by atoms with Gasteiger partial charge in [0, 0.05) is 5.57 Å². The van der Waals surface area contributed by atoms with Crippen LogP contribution in [0.15, 0.2) is 12.2 Å². The molecule has 0 aromatic carbocycles. The fourth-order valence-corrected chi connectivity index (χ4v) is 1.35. The number of hydrogen-bond acceptors (Lipinski definition) is 3. The van der Waals surface area contributed by atoms with E-state index >= 15 is 0 Å². The lowest BCUT2D eigenvalue weighted by atomic mass is 9.94. The van der Waals surface area contributed by atoms with Crippen molar-refractivity contribution in [3.8, 4) is 0 Å². The standard InChI is InChI=1S/C9H14O3/c1-3-4-8(10)7-5-12-9(11)6(7)2/h7-8,10H,2-5H2,1H3/t7-,8+/m1/s1. The number of aliphatic hydroxyl groups excluding tert-OH is 1. The zero-order valence-corrected chi connectivity index (χ0v) is 7.25. The molecule has 0 amide bonds. The number of carbonyl (C=O) groups excluding carboxylic acids is 1. The van der Waals surface area contributed by atoms with E-state index in [2.05, 4.69) is 6.58 Å². The summed E-state index contributed by atoms with van der Waals surface area (Å²) < 4.78 is 4.75. The monoisotopic (exact) mass is 170 g/mol. The van der Waals surface area contributed by atoms with Crippen LogP contribution < -0.4 is 0 Å². The van der Waals surface area contributed by atoms with Crippen LogP contribution in [-0.4, -0.2) is 23.8 Å². The molecule has 0 radical (unpaired) electrons. The van der Waals surface area contributed by atoms with Gasteiger partial charge in [0.1, 0.15) is 6.61 Å². The van der Waals surface area contributed by atoms with Gasteiger partial charge in [0.25, 0.3) is 0 Å². The summed E-state index contributed by atoms with van der Waals surface area (Å²) in [7, 11) is 0. The van der Waals surface area contributed by atoms with Crippen LogP contribution in [0.4, 0.5) is 0 Å². The Balaban J connectivity index is 2.53. The zero-order valence-electron chi connectivity index (χ0n) is 7.25. The topological polar surface area (TPSA) is 46.5 Å². The number of rotatable bonds is 3. The number of ether oxygens (including phenoxy) is 1. The van der Waals surface area contributed by atoms with Crippen LogP contribution >= 0.6 is 0 Å². The Labute approximate surface area is 72.0 Å². The number of aliphatic hydroxyl groups is 1. The lowest BCUT2D eigenvalue weighted by Crippen LogP contribution is -2.21. The van der Waals surface area contributed by atoms with E-state index in [4.69, 9.17) is 4.74 Å². The van der Waals surface area contributed by atoms with E-state index in [1.54, 1.807) is 0 Å². The lowest BCUT2D eigenvalue weighted by molar-refractivity contribution is -0.135. The molecule has 0 saturated carbocycles. The molecular weight excluding hydrogens is 156 g/mol. The zero-order chi connectivity index (χ0) is 9.14. The first-order valence-electron chi connectivity index (χ1n) is 4.20. The molecule has 1 N–H and O–H groups in total. The van der Waals surface area contributed by atoms with Gasteiger partial charge in [0.15, 0.2) is 0 Å². The van der Waals surface area contributed by atoms with E-state index in [0.717, 1.165) is 6.42 Å². The average molecular weight is 170 g/mol. The maximum Gasteiger partial charge on any atom is 0.333 e. The van der Waals surface area contributed by atoms with E-state index in [1.165, 1.54) is 0 Å². The fraction of sp³-hybridized carbons (Fsp3) is 0.667. The summed E-state index contributed by atoms with van der Waals surface area (Å²) in [6.45, 7) is 5.87. The van der Waals surface area contributed by atoms with Crippen LogP contribution in [0.5, 0.6) is 0 Å². The summed E-state index contributed by atoms with van der Waals surface area (Å²) in [5, 5.41) is 9.54. The molecule has 0 aromatic heterocycles. The molecule has 0 aromatic rings. The van der Waals surface area contributed by atoms with Crippen molar-refractivity contribution in [2.24, 2.45) is 5.92 Å². The number of esters is 1. The van der Waals surface area contributed by atoms with Gasteiger partial charge in [-0.3, -0.25) is 0 Å². The smallest absolute Gasteiger partial charge is 0.333 e. The van der Waals surface area contributed by atoms with E-state index < -0.39 is 6.10 Å². The second kappa shape index (κ2) is 3.72. The van der Waals surface area contributed by atoms with Gasteiger partial charge < -0.3 is 9.84 Å². The van der Waals surface area contributed by atoms with Crippen molar-refractivity contribution < 1.29 is 14.6 Å². The highest BCUT2D eigenvalue weighted by molar-refractivity contribution is 5.90. The molecule has 1 fully saturated rings. The molecule has 1 rings (SSSR count). The first-order chi connectivity index (χ1) is 5.66. The highest BCUT2D eigenvalue weighted by Gasteiger charge is 2.33. The van der Waals surface area contributed by atoms with Gasteiger partial charge in [-0.2, -0.15) is 0 Å². The van der Waals surface area contributed by atoms with Gasteiger partial charge in [-0.15, -0.1) is 0 Å². The summed E-state index contributed by atoms with van der Waals surface area (Å²) in [4.78, 5) is 10.9. The first-order valence-corrected chi connectivity index (χ1v) is 4.20. The number of cyclic esters (lactones) is 1. The van der Waals surface area contributed by atoms with Gasteiger partial charge in [-0.05, 0) is 6.42 Å². The third kappa shape index (κ3) is 1.67. The van der Waals surface area contributed by atoms with Crippen LogP contribution in [0.2, 0.25) is 0 Å². The molecule has 1 aliphatic rings. The van der Waals surface area contributed by atoms with Crippen molar-refractivity contribution >= 4 is 5.97 Å². The van der Waals surface area contributed by atoms with Gasteiger partial charge in [0.2, 0.25) is 0 Å². The minimum atomic E-state index is -0.478. The molecule has 68 valence electrons. The van der Waals surface area contributed by atoms with Crippen LogP contribution in [0.3, 0.4) is 0 Å². The number of carbonyl (C=O) groups is 1. The van der Waals surface area contributed by atoms with Crippen molar-refractivity contribution in [3.63, 3.8) is 0 Å². The highest BCUT2D eigenvalue weighted by Crippen LogP contribution is 2.24. The number of hydrogen-bond donors (Lipinski definition) is 1.